The van der Waals surface area contributed by atoms with Crippen LogP contribution in [0.1, 0.15) is 5.56 Å². The zero-order valence-electron chi connectivity index (χ0n) is 7.31. The molecule has 1 aromatic carbocycles. The molecule has 1 aromatic rings. The molecule has 0 heterocycles. The molecule has 0 radical (unpaired) electrons. The van der Waals surface area contributed by atoms with Crippen LogP contribution >= 0.6 is 11.6 Å². The lowest BCUT2D eigenvalue weighted by molar-refractivity contribution is 0.338. The molecule has 0 unspecified atom stereocenters. The molecule has 0 saturated carbocycles. The zero-order valence-corrected chi connectivity index (χ0v) is 8.07. The van der Waals surface area contributed by atoms with Gasteiger partial charge in [-0.3, -0.25) is 0 Å². The first kappa shape index (κ1) is 10.1. The molecule has 0 aliphatic rings. The van der Waals surface area contributed by atoms with Crippen LogP contribution in [0.15, 0.2) is 29.8 Å². The van der Waals surface area contributed by atoms with Crippen molar-refractivity contribution < 1.29 is 9.13 Å². The number of benzene rings is 1. The number of aryl methyl sites for hydroxylation is 1. The van der Waals surface area contributed by atoms with Gasteiger partial charge in [0.1, 0.15) is 6.61 Å². The van der Waals surface area contributed by atoms with Gasteiger partial charge in [-0.1, -0.05) is 24.2 Å². The summed E-state index contributed by atoms with van der Waals surface area (Å²) in [4.78, 5) is 0. The monoisotopic (exact) mass is 200 g/mol. The van der Waals surface area contributed by atoms with Crippen LogP contribution in [0.3, 0.4) is 0 Å². The molecule has 0 atom stereocenters. The third kappa shape index (κ3) is 3.07. The smallest absolute Gasteiger partial charge is 0.165 e. The van der Waals surface area contributed by atoms with Crippen molar-refractivity contribution in [2.45, 2.75) is 6.92 Å². The summed E-state index contributed by atoms with van der Waals surface area (Å²) in [6.07, 6.45) is 0. The molecular formula is C10H10ClFO. The van der Waals surface area contributed by atoms with Gasteiger partial charge in [0.2, 0.25) is 0 Å². The maximum atomic E-state index is 13.0. The molecule has 0 amide bonds. The van der Waals surface area contributed by atoms with Gasteiger partial charge in [-0.2, -0.15) is 0 Å². The molecule has 0 aliphatic carbocycles. The van der Waals surface area contributed by atoms with E-state index in [0.29, 0.717) is 5.03 Å². The second kappa shape index (κ2) is 4.28. The first-order valence-corrected chi connectivity index (χ1v) is 4.19. The minimum absolute atomic E-state index is 0.127. The first-order valence-electron chi connectivity index (χ1n) is 3.82. The predicted octanol–water partition coefficient (Wildman–Crippen LogP) is 3.27. The maximum absolute atomic E-state index is 13.0. The average molecular weight is 201 g/mol. The Kier molecular flexibility index (Phi) is 3.32. The van der Waals surface area contributed by atoms with Gasteiger partial charge in [0.05, 0.1) is 0 Å². The lowest BCUT2D eigenvalue weighted by Gasteiger charge is -2.06. The van der Waals surface area contributed by atoms with Gasteiger partial charge in [-0.05, 0) is 24.6 Å². The Balaban J connectivity index is 2.75. The predicted molar refractivity (Wildman–Crippen MR) is 51.6 cm³/mol. The zero-order chi connectivity index (χ0) is 9.84. The molecule has 13 heavy (non-hydrogen) atoms. The average Bonchev–Trinajstić information content (AvgIpc) is 2.06. The molecule has 1 nitrogen and oxygen atoms in total. The molecule has 0 fully saturated rings. The quantitative estimate of drug-likeness (QED) is 0.728. The summed E-state index contributed by atoms with van der Waals surface area (Å²) in [6, 6.07) is 4.66. The van der Waals surface area contributed by atoms with Crippen LogP contribution in [0.2, 0.25) is 0 Å². The van der Waals surface area contributed by atoms with E-state index < -0.39 is 0 Å². The van der Waals surface area contributed by atoms with Gasteiger partial charge in [0.15, 0.2) is 11.6 Å². The van der Waals surface area contributed by atoms with Crippen molar-refractivity contribution in [1.29, 1.82) is 0 Å². The Morgan fingerprint density at radius 1 is 1.62 bits per heavy atom. The van der Waals surface area contributed by atoms with Crippen LogP contribution in [0.4, 0.5) is 4.39 Å². The third-order valence-electron chi connectivity index (χ3n) is 1.47. The number of hydrogen-bond acceptors (Lipinski definition) is 1. The fourth-order valence-electron chi connectivity index (χ4n) is 0.877. The van der Waals surface area contributed by atoms with E-state index in [2.05, 4.69) is 6.58 Å². The number of halogens is 2. The summed E-state index contributed by atoms with van der Waals surface area (Å²) in [6.45, 7) is 5.43. The highest BCUT2D eigenvalue weighted by Gasteiger charge is 2.02. The summed E-state index contributed by atoms with van der Waals surface area (Å²) in [5.74, 6) is -0.176. The van der Waals surface area contributed by atoms with Crippen LogP contribution in [0.25, 0.3) is 0 Å². The topological polar surface area (TPSA) is 9.23 Å². The first-order chi connectivity index (χ1) is 6.09. The Hall–Kier alpha value is -1.02. The van der Waals surface area contributed by atoms with E-state index in [4.69, 9.17) is 16.3 Å². The van der Waals surface area contributed by atoms with Gasteiger partial charge < -0.3 is 4.74 Å². The van der Waals surface area contributed by atoms with E-state index in [1.54, 1.807) is 12.1 Å². The van der Waals surface area contributed by atoms with Crippen molar-refractivity contribution in [3.05, 3.63) is 41.2 Å². The van der Waals surface area contributed by atoms with E-state index in [1.165, 1.54) is 6.07 Å². The summed E-state index contributed by atoms with van der Waals surface area (Å²) >= 11 is 5.48. The molecule has 0 aliphatic heterocycles. The molecule has 0 saturated heterocycles. The molecule has 70 valence electrons. The largest absolute Gasteiger partial charge is 0.485 e. The van der Waals surface area contributed by atoms with Gasteiger partial charge >= 0.3 is 0 Å². The van der Waals surface area contributed by atoms with E-state index in [1.807, 2.05) is 6.92 Å². The van der Waals surface area contributed by atoms with Crippen molar-refractivity contribution >= 4 is 11.6 Å². The van der Waals surface area contributed by atoms with Crippen LogP contribution in [-0.2, 0) is 0 Å². The minimum atomic E-state index is -0.386. The van der Waals surface area contributed by atoms with Crippen LogP contribution < -0.4 is 4.74 Å². The van der Waals surface area contributed by atoms with Crippen molar-refractivity contribution in [1.82, 2.24) is 0 Å². The number of ether oxygens (including phenoxy) is 1. The summed E-state index contributed by atoms with van der Waals surface area (Å²) in [5, 5.41) is 0.348. The fraction of sp³-hybridized carbons (Fsp3) is 0.200. The third-order valence-corrected chi connectivity index (χ3v) is 1.58. The molecule has 0 aromatic heterocycles. The second-order valence-electron chi connectivity index (χ2n) is 2.74. The molecule has 0 bridgehead atoms. The normalized spacial score (nSPS) is 9.77. The lowest BCUT2D eigenvalue weighted by atomic mass is 10.2. The van der Waals surface area contributed by atoms with Crippen LogP contribution in [0, 0.1) is 12.7 Å². The SMILES string of the molecule is C=C(Cl)COc1cc(C)ccc1F. The van der Waals surface area contributed by atoms with Crippen LogP contribution in [-0.4, -0.2) is 6.61 Å². The molecule has 0 N–H and O–H groups in total. The molecule has 1 rings (SSSR count). The number of rotatable bonds is 3. The van der Waals surface area contributed by atoms with Crippen molar-refractivity contribution in [3.63, 3.8) is 0 Å². The minimum Gasteiger partial charge on any atom is -0.485 e. The standard InChI is InChI=1S/C10H10ClFO/c1-7-3-4-9(12)10(5-7)13-6-8(2)11/h3-5H,2,6H2,1H3. The van der Waals surface area contributed by atoms with Gasteiger partial charge in [0.25, 0.3) is 0 Å². The molecule has 3 heteroatoms. The van der Waals surface area contributed by atoms with Gasteiger partial charge in [-0.15, -0.1) is 0 Å². The highest BCUT2D eigenvalue weighted by Crippen LogP contribution is 2.18. The Morgan fingerprint density at radius 2 is 2.31 bits per heavy atom. The Bertz CT molecular complexity index is 323. The summed E-state index contributed by atoms with van der Waals surface area (Å²) < 4.78 is 18.1. The highest BCUT2D eigenvalue weighted by atomic mass is 35.5. The van der Waals surface area contributed by atoms with E-state index in [9.17, 15) is 4.39 Å². The van der Waals surface area contributed by atoms with Crippen molar-refractivity contribution in [3.8, 4) is 5.75 Å². The lowest BCUT2D eigenvalue weighted by Crippen LogP contribution is -1.98. The van der Waals surface area contributed by atoms with Gasteiger partial charge in [0, 0.05) is 5.03 Å². The summed E-state index contributed by atoms with van der Waals surface area (Å²) in [7, 11) is 0. The fourth-order valence-corrected chi connectivity index (χ4v) is 0.932. The van der Waals surface area contributed by atoms with Crippen LogP contribution in [0.5, 0.6) is 5.75 Å². The second-order valence-corrected chi connectivity index (χ2v) is 3.27. The Morgan fingerprint density at radius 3 is 2.92 bits per heavy atom. The Labute approximate surface area is 81.8 Å². The maximum Gasteiger partial charge on any atom is 0.165 e. The van der Waals surface area contributed by atoms with E-state index in [0.717, 1.165) is 5.56 Å². The van der Waals surface area contributed by atoms with E-state index in [-0.39, 0.29) is 18.2 Å². The summed E-state index contributed by atoms with van der Waals surface area (Å²) in [5.41, 5.74) is 0.941. The van der Waals surface area contributed by atoms with E-state index >= 15 is 0 Å². The number of hydrogen-bond donors (Lipinski definition) is 0. The highest BCUT2D eigenvalue weighted by molar-refractivity contribution is 6.29. The van der Waals surface area contributed by atoms with Crippen molar-refractivity contribution in [2.24, 2.45) is 0 Å². The molecule has 0 spiro atoms. The molecular weight excluding hydrogens is 191 g/mol. The van der Waals surface area contributed by atoms with Gasteiger partial charge in [-0.25, -0.2) is 4.39 Å². The van der Waals surface area contributed by atoms with Crippen molar-refractivity contribution in [2.75, 3.05) is 6.61 Å².